The number of nitrogens with one attached hydrogen (secondary N) is 2. The standard InChI is InChI=1S/C17H24N2O3S2/c20-15-10-18-8-13(15)9-19-16(21)11-22-14-4-2-12(3-5-14)17-23-6-1-7-24-17/h2-5,13,15,17-18,20H,1,6-11H2,(H,19,21). The highest BCUT2D eigenvalue weighted by molar-refractivity contribution is 8.16. The first-order valence-electron chi connectivity index (χ1n) is 8.34. The Bertz CT molecular complexity index is 535. The molecule has 3 rings (SSSR count). The monoisotopic (exact) mass is 368 g/mol. The fourth-order valence-corrected chi connectivity index (χ4v) is 5.67. The Morgan fingerprint density at radius 1 is 1.25 bits per heavy atom. The van der Waals surface area contributed by atoms with Crippen LogP contribution in [0.25, 0.3) is 0 Å². The summed E-state index contributed by atoms with van der Waals surface area (Å²) < 4.78 is 6.06. The molecule has 2 atom stereocenters. The molecule has 24 heavy (non-hydrogen) atoms. The smallest absolute Gasteiger partial charge is 0.257 e. The molecule has 2 unspecified atom stereocenters. The zero-order valence-electron chi connectivity index (χ0n) is 13.6. The minimum Gasteiger partial charge on any atom is -0.484 e. The molecule has 1 amide bonds. The summed E-state index contributed by atoms with van der Waals surface area (Å²) in [7, 11) is 0. The molecule has 1 aromatic rings. The zero-order valence-corrected chi connectivity index (χ0v) is 15.2. The molecule has 7 heteroatoms. The number of hydrogen-bond donors (Lipinski definition) is 3. The Balaban J connectivity index is 1.40. The van der Waals surface area contributed by atoms with Crippen molar-refractivity contribution in [2.45, 2.75) is 17.1 Å². The number of aliphatic hydroxyl groups excluding tert-OH is 1. The van der Waals surface area contributed by atoms with Crippen LogP contribution in [0.4, 0.5) is 0 Å². The van der Waals surface area contributed by atoms with Gasteiger partial charge in [-0.2, -0.15) is 0 Å². The predicted octanol–water partition coefficient (Wildman–Crippen LogP) is 1.63. The summed E-state index contributed by atoms with van der Waals surface area (Å²) >= 11 is 3.98. The number of amides is 1. The van der Waals surface area contributed by atoms with Crippen molar-refractivity contribution >= 4 is 29.4 Å². The summed E-state index contributed by atoms with van der Waals surface area (Å²) in [5.74, 6) is 3.08. The molecule has 2 fully saturated rings. The Labute approximate surface area is 151 Å². The summed E-state index contributed by atoms with van der Waals surface area (Å²) in [6, 6.07) is 8.04. The molecule has 2 aliphatic rings. The summed E-state index contributed by atoms with van der Waals surface area (Å²) in [4.78, 5) is 11.8. The van der Waals surface area contributed by atoms with Gasteiger partial charge in [0.2, 0.25) is 0 Å². The summed E-state index contributed by atoms with van der Waals surface area (Å²) in [6.07, 6.45) is 0.907. The highest BCUT2D eigenvalue weighted by Gasteiger charge is 2.25. The molecule has 0 bridgehead atoms. The van der Waals surface area contributed by atoms with Crippen molar-refractivity contribution in [1.82, 2.24) is 10.6 Å². The summed E-state index contributed by atoms with van der Waals surface area (Å²) in [5.41, 5.74) is 1.31. The van der Waals surface area contributed by atoms with Crippen LogP contribution in [0.3, 0.4) is 0 Å². The number of rotatable bonds is 6. The molecule has 2 heterocycles. The molecule has 3 N–H and O–H groups in total. The third-order valence-corrected chi connectivity index (χ3v) is 7.23. The van der Waals surface area contributed by atoms with Gasteiger partial charge >= 0.3 is 0 Å². The van der Waals surface area contributed by atoms with Gasteiger partial charge in [0.25, 0.3) is 5.91 Å². The van der Waals surface area contributed by atoms with Crippen molar-refractivity contribution in [3.8, 4) is 5.75 Å². The van der Waals surface area contributed by atoms with E-state index in [0.717, 1.165) is 6.54 Å². The highest BCUT2D eigenvalue weighted by atomic mass is 32.2. The maximum Gasteiger partial charge on any atom is 0.257 e. The molecule has 132 valence electrons. The third-order valence-electron chi connectivity index (χ3n) is 4.21. The van der Waals surface area contributed by atoms with Gasteiger partial charge in [-0.15, -0.1) is 23.5 Å². The molecule has 2 saturated heterocycles. The van der Waals surface area contributed by atoms with Gasteiger partial charge < -0.3 is 20.5 Å². The highest BCUT2D eigenvalue weighted by Crippen LogP contribution is 2.43. The second-order valence-electron chi connectivity index (χ2n) is 6.07. The van der Waals surface area contributed by atoms with Crippen molar-refractivity contribution in [2.24, 2.45) is 5.92 Å². The van der Waals surface area contributed by atoms with Crippen molar-refractivity contribution < 1.29 is 14.6 Å². The van der Waals surface area contributed by atoms with Crippen LogP contribution >= 0.6 is 23.5 Å². The molecule has 0 saturated carbocycles. The fraction of sp³-hybridized carbons (Fsp3) is 0.588. The van der Waals surface area contributed by atoms with E-state index in [-0.39, 0.29) is 24.5 Å². The molecule has 0 radical (unpaired) electrons. The van der Waals surface area contributed by atoms with Crippen LogP contribution in [-0.4, -0.2) is 54.9 Å². The van der Waals surface area contributed by atoms with E-state index >= 15 is 0 Å². The number of hydrogen-bond acceptors (Lipinski definition) is 6. The first-order valence-corrected chi connectivity index (χ1v) is 10.4. The lowest BCUT2D eigenvalue weighted by Crippen LogP contribution is -2.36. The van der Waals surface area contributed by atoms with E-state index in [1.165, 1.54) is 23.5 Å². The normalized spacial score (nSPS) is 24.7. The van der Waals surface area contributed by atoms with Crippen molar-refractivity contribution in [1.29, 1.82) is 0 Å². The zero-order chi connectivity index (χ0) is 16.8. The molecular formula is C17H24N2O3S2. The predicted molar refractivity (Wildman–Crippen MR) is 99.6 cm³/mol. The second kappa shape index (κ2) is 8.99. The number of aliphatic hydroxyl groups is 1. The van der Waals surface area contributed by atoms with E-state index in [4.69, 9.17) is 4.74 Å². The topological polar surface area (TPSA) is 70.6 Å². The van der Waals surface area contributed by atoms with Crippen LogP contribution in [0.5, 0.6) is 5.75 Å². The average molecular weight is 369 g/mol. The molecule has 0 aliphatic carbocycles. The summed E-state index contributed by atoms with van der Waals surface area (Å²) in [6.45, 7) is 1.82. The Morgan fingerprint density at radius 2 is 2.00 bits per heavy atom. The molecule has 2 aliphatic heterocycles. The number of thioether (sulfide) groups is 2. The minimum atomic E-state index is -0.380. The van der Waals surface area contributed by atoms with Crippen molar-refractivity contribution in [3.05, 3.63) is 29.8 Å². The first kappa shape index (κ1) is 17.9. The number of carbonyl (C=O) groups is 1. The van der Waals surface area contributed by atoms with Crippen molar-refractivity contribution in [2.75, 3.05) is 37.7 Å². The number of ether oxygens (including phenoxy) is 1. The molecule has 0 spiro atoms. The quantitative estimate of drug-likeness (QED) is 0.709. The van der Waals surface area contributed by atoms with E-state index in [1.54, 1.807) is 0 Å². The van der Waals surface area contributed by atoms with Gasteiger partial charge in [0.05, 0.1) is 10.7 Å². The third kappa shape index (κ3) is 5.05. The van der Waals surface area contributed by atoms with Crippen molar-refractivity contribution in [3.63, 3.8) is 0 Å². The Morgan fingerprint density at radius 3 is 2.67 bits per heavy atom. The Hall–Kier alpha value is -0.890. The van der Waals surface area contributed by atoms with Crippen LogP contribution in [-0.2, 0) is 4.79 Å². The van der Waals surface area contributed by atoms with Gasteiger partial charge in [0.1, 0.15) is 5.75 Å². The molecular weight excluding hydrogens is 344 g/mol. The van der Waals surface area contributed by atoms with Crippen LogP contribution in [0.15, 0.2) is 24.3 Å². The van der Waals surface area contributed by atoms with Crippen LogP contribution in [0, 0.1) is 5.92 Å². The van der Waals surface area contributed by atoms with E-state index < -0.39 is 0 Å². The van der Waals surface area contributed by atoms with E-state index in [9.17, 15) is 9.90 Å². The molecule has 5 nitrogen and oxygen atoms in total. The van der Waals surface area contributed by atoms with Gasteiger partial charge in [0.15, 0.2) is 6.61 Å². The van der Waals surface area contributed by atoms with Crippen LogP contribution < -0.4 is 15.4 Å². The SMILES string of the molecule is O=C(COc1ccc(C2SCCCS2)cc1)NCC1CNCC1O. The number of carbonyl (C=O) groups excluding carboxylic acids is 1. The lowest BCUT2D eigenvalue weighted by molar-refractivity contribution is -0.123. The maximum absolute atomic E-state index is 11.8. The molecule has 1 aromatic carbocycles. The average Bonchev–Trinajstić information content (AvgIpc) is 3.04. The minimum absolute atomic E-state index is 0.00250. The number of β-amino-alcohol motifs (C(OH)–C–C–N with tert-alkyl or cyclic N) is 1. The lowest BCUT2D eigenvalue weighted by atomic mass is 10.1. The maximum atomic E-state index is 11.8. The second-order valence-corrected chi connectivity index (χ2v) is 8.80. The van der Waals surface area contributed by atoms with Crippen LogP contribution in [0.2, 0.25) is 0 Å². The summed E-state index contributed by atoms with van der Waals surface area (Å²) in [5, 5.41) is 15.6. The van der Waals surface area contributed by atoms with Crippen LogP contribution in [0.1, 0.15) is 16.6 Å². The van der Waals surface area contributed by atoms with Gasteiger partial charge in [0, 0.05) is 25.6 Å². The van der Waals surface area contributed by atoms with Gasteiger partial charge in [-0.1, -0.05) is 12.1 Å². The van der Waals surface area contributed by atoms with E-state index in [1.807, 2.05) is 35.7 Å². The van der Waals surface area contributed by atoms with Gasteiger partial charge in [-0.05, 0) is 35.6 Å². The largest absolute Gasteiger partial charge is 0.484 e. The molecule has 0 aromatic heterocycles. The number of benzene rings is 1. The fourth-order valence-electron chi connectivity index (χ4n) is 2.77. The Kier molecular flexibility index (Phi) is 6.71. The first-order chi connectivity index (χ1) is 11.7. The lowest BCUT2D eigenvalue weighted by Gasteiger charge is -2.21. The van der Waals surface area contributed by atoms with Gasteiger partial charge in [-0.3, -0.25) is 4.79 Å². The van der Waals surface area contributed by atoms with Gasteiger partial charge in [-0.25, -0.2) is 0 Å². The van der Waals surface area contributed by atoms with E-state index in [2.05, 4.69) is 22.8 Å². The van der Waals surface area contributed by atoms with E-state index in [0.29, 0.717) is 23.4 Å².